The fourth-order valence-electron chi connectivity index (χ4n) is 1.71. The SMILES string of the molecule is C=C1C(C)=C[C-]=C(c2ccc(O)cc2F)N1C.[Y]. The average molecular weight is 319 g/mol. The van der Waals surface area contributed by atoms with Gasteiger partial charge < -0.3 is 10.0 Å². The molecule has 18 heavy (non-hydrogen) atoms. The summed E-state index contributed by atoms with van der Waals surface area (Å²) < 4.78 is 13.7. The Morgan fingerprint density at radius 2 is 2.06 bits per heavy atom. The Labute approximate surface area is 131 Å². The molecule has 0 amide bonds. The molecule has 0 spiro atoms. The maximum absolute atomic E-state index is 13.7. The van der Waals surface area contributed by atoms with Crippen LogP contribution in [0.2, 0.25) is 0 Å². The predicted molar refractivity (Wildman–Crippen MR) is 65.4 cm³/mol. The molecule has 1 N–H and O–H groups in total. The molecule has 0 saturated carbocycles. The zero-order chi connectivity index (χ0) is 12.6. The van der Waals surface area contributed by atoms with E-state index in [0.29, 0.717) is 11.3 Å². The van der Waals surface area contributed by atoms with E-state index in [4.69, 9.17) is 0 Å². The van der Waals surface area contributed by atoms with Gasteiger partial charge in [0.2, 0.25) is 0 Å². The van der Waals surface area contributed by atoms with Crippen LogP contribution < -0.4 is 0 Å². The molecule has 91 valence electrons. The summed E-state index contributed by atoms with van der Waals surface area (Å²) in [6.45, 7) is 5.85. The fourth-order valence-corrected chi connectivity index (χ4v) is 1.71. The van der Waals surface area contributed by atoms with E-state index in [2.05, 4.69) is 12.7 Å². The first-order valence-corrected chi connectivity index (χ1v) is 5.23. The average Bonchev–Trinajstić information content (AvgIpc) is 2.28. The van der Waals surface area contributed by atoms with Gasteiger partial charge in [-0.2, -0.15) is 12.2 Å². The second-order valence-electron chi connectivity index (χ2n) is 3.99. The first-order chi connectivity index (χ1) is 8.00. The molecular formula is C14H13FNOY-. The molecular weight excluding hydrogens is 306 g/mol. The van der Waals surface area contributed by atoms with E-state index < -0.39 is 5.82 Å². The van der Waals surface area contributed by atoms with Crippen molar-refractivity contribution in [2.75, 3.05) is 7.05 Å². The number of allylic oxidation sites excluding steroid dienone is 3. The minimum Gasteiger partial charge on any atom is -0.508 e. The molecule has 4 heteroatoms. The molecule has 1 heterocycles. The van der Waals surface area contributed by atoms with Crippen molar-refractivity contribution in [1.82, 2.24) is 4.90 Å². The van der Waals surface area contributed by atoms with Crippen LogP contribution in [0.1, 0.15) is 12.5 Å². The number of phenolic OH excluding ortho intramolecular Hbond substituents is 1. The summed E-state index contributed by atoms with van der Waals surface area (Å²) in [5.41, 5.74) is 2.81. The van der Waals surface area contributed by atoms with Gasteiger partial charge in [-0.25, -0.2) is 4.39 Å². The van der Waals surface area contributed by atoms with E-state index in [1.165, 1.54) is 12.1 Å². The molecule has 2 rings (SSSR count). The number of benzene rings is 1. The maximum atomic E-state index is 13.7. The summed E-state index contributed by atoms with van der Waals surface area (Å²) in [7, 11) is 1.81. The second kappa shape index (κ2) is 5.81. The van der Waals surface area contributed by atoms with Crippen molar-refractivity contribution < 1.29 is 42.2 Å². The van der Waals surface area contributed by atoms with Crippen LogP contribution in [-0.4, -0.2) is 17.1 Å². The monoisotopic (exact) mass is 319 g/mol. The Bertz CT molecular complexity index is 549. The van der Waals surface area contributed by atoms with Gasteiger partial charge in [0.15, 0.2) is 0 Å². The number of halogens is 1. The van der Waals surface area contributed by atoms with Gasteiger partial charge in [-0.1, -0.05) is 24.8 Å². The van der Waals surface area contributed by atoms with E-state index in [9.17, 15) is 9.50 Å². The Morgan fingerprint density at radius 1 is 1.39 bits per heavy atom. The van der Waals surface area contributed by atoms with Crippen molar-refractivity contribution in [3.8, 4) is 5.75 Å². The second-order valence-corrected chi connectivity index (χ2v) is 3.99. The summed E-state index contributed by atoms with van der Waals surface area (Å²) >= 11 is 0. The minimum atomic E-state index is -0.472. The van der Waals surface area contributed by atoms with Crippen molar-refractivity contribution in [3.63, 3.8) is 0 Å². The Hall–Kier alpha value is -0.926. The molecule has 0 saturated heterocycles. The zero-order valence-electron chi connectivity index (χ0n) is 10.4. The molecule has 2 nitrogen and oxygen atoms in total. The first kappa shape index (κ1) is 15.1. The number of aromatic hydroxyl groups is 1. The van der Waals surface area contributed by atoms with Gasteiger partial charge in [0, 0.05) is 45.8 Å². The fraction of sp³-hybridized carbons (Fsp3) is 0.143. The number of hydrogen-bond donors (Lipinski definition) is 1. The van der Waals surface area contributed by atoms with Gasteiger partial charge in [-0.3, -0.25) is 0 Å². The summed E-state index contributed by atoms with van der Waals surface area (Å²) in [4.78, 5) is 1.78. The molecule has 0 aliphatic carbocycles. The largest absolute Gasteiger partial charge is 0.508 e. The van der Waals surface area contributed by atoms with Gasteiger partial charge >= 0.3 is 0 Å². The van der Waals surface area contributed by atoms with E-state index in [-0.39, 0.29) is 38.5 Å². The maximum Gasteiger partial charge on any atom is 0.116 e. The molecule has 0 aromatic heterocycles. The molecule has 0 fully saturated rings. The minimum absolute atomic E-state index is 0. The number of nitrogens with zero attached hydrogens (tertiary/aromatic N) is 1. The van der Waals surface area contributed by atoms with Crippen molar-refractivity contribution in [2.45, 2.75) is 6.92 Å². The van der Waals surface area contributed by atoms with E-state index in [1.54, 1.807) is 11.0 Å². The number of phenols is 1. The van der Waals surface area contributed by atoms with Crippen LogP contribution in [-0.2, 0) is 32.7 Å². The summed E-state index contributed by atoms with van der Waals surface area (Å²) in [5, 5.41) is 9.18. The van der Waals surface area contributed by atoms with Crippen LogP contribution in [0.5, 0.6) is 5.75 Å². The topological polar surface area (TPSA) is 23.5 Å². The molecule has 1 radical (unpaired) electrons. The van der Waals surface area contributed by atoms with Gasteiger partial charge in [-0.15, -0.1) is 11.6 Å². The number of likely N-dealkylation sites (N-methyl/N-ethyl adjacent to an activating group) is 1. The van der Waals surface area contributed by atoms with Crippen LogP contribution in [0.4, 0.5) is 4.39 Å². The van der Waals surface area contributed by atoms with Crippen LogP contribution >= 0.6 is 0 Å². The molecule has 0 unspecified atom stereocenters. The summed E-state index contributed by atoms with van der Waals surface area (Å²) in [6, 6.07) is 4.08. The molecule has 0 bridgehead atoms. The van der Waals surface area contributed by atoms with Crippen molar-refractivity contribution >= 4 is 5.70 Å². The molecule has 1 aromatic rings. The summed E-state index contributed by atoms with van der Waals surface area (Å²) in [6.07, 6.45) is 4.81. The van der Waals surface area contributed by atoms with Gasteiger partial charge in [0.25, 0.3) is 0 Å². The van der Waals surface area contributed by atoms with E-state index >= 15 is 0 Å². The van der Waals surface area contributed by atoms with Crippen LogP contribution in [0.25, 0.3) is 5.70 Å². The van der Waals surface area contributed by atoms with Crippen molar-refractivity contribution in [2.24, 2.45) is 0 Å². The third kappa shape index (κ3) is 2.73. The first-order valence-electron chi connectivity index (χ1n) is 5.23. The molecule has 0 atom stereocenters. The van der Waals surface area contributed by atoms with E-state index in [0.717, 1.165) is 17.3 Å². The number of rotatable bonds is 1. The van der Waals surface area contributed by atoms with Crippen molar-refractivity contribution in [3.05, 3.63) is 59.6 Å². The quantitative estimate of drug-likeness (QED) is 0.804. The van der Waals surface area contributed by atoms with E-state index in [1.807, 2.05) is 14.0 Å². The normalized spacial score (nSPS) is 14.8. The Balaban J connectivity index is 0.00000162. The zero-order valence-corrected chi connectivity index (χ0v) is 13.2. The third-order valence-corrected chi connectivity index (χ3v) is 2.83. The van der Waals surface area contributed by atoms with Gasteiger partial charge in [-0.05, 0) is 11.8 Å². The van der Waals surface area contributed by atoms with Gasteiger partial charge in [0.05, 0.1) is 5.82 Å². The smallest absolute Gasteiger partial charge is 0.116 e. The standard InChI is InChI=1S/C14H13FNO.Y/c1-9-4-7-14(16(3)10(9)2)12-6-5-11(17)8-13(12)15;/h4-6,8,17H,2H2,1,3H3;/q-1;. The van der Waals surface area contributed by atoms with Crippen LogP contribution in [0.3, 0.4) is 0 Å². The molecule has 1 aromatic carbocycles. The predicted octanol–water partition coefficient (Wildman–Crippen LogP) is 3.08. The van der Waals surface area contributed by atoms with Gasteiger partial charge in [0.1, 0.15) is 5.75 Å². The number of hydrogen-bond acceptors (Lipinski definition) is 2. The summed E-state index contributed by atoms with van der Waals surface area (Å²) in [5.74, 6) is -0.559. The third-order valence-electron chi connectivity index (χ3n) is 2.83. The van der Waals surface area contributed by atoms with Crippen LogP contribution in [0.15, 0.2) is 42.1 Å². The van der Waals surface area contributed by atoms with Crippen LogP contribution in [0, 0.1) is 11.9 Å². The Morgan fingerprint density at radius 3 is 2.67 bits per heavy atom. The van der Waals surface area contributed by atoms with Crippen molar-refractivity contribution in [1.29, 1.82) is 0 Å². The molecule has 1 aliphatic heterocycles. The Kier molecular flexibility index (Phi) is 4.88. The molecule has 1 aliphatic rings.